The lowest BCUT2D eigenvalue weighted by Crippen LogP contribution is -2.69. The molecule has 2 N–H and O–H groups in total. The van der Waals surface area contributed by atoms with E-state index in [-0.39, 0.29) is 0 Å². The van der Waals surface area contributed by atoms with Crippen molar-refractivity contribution in [3.05, 3.63) is 35.4 Å². The molecule has 222 valence electrons. The third-order valence-corrected chi connectivity index (χ3v) is 4.94. The van der Waals surface area contributed by atoms with Gasteiger partial charge in [-0.05, 0) is 17.2 Å². The van der Waals surface area contributed by atoms with Gasteiger partial charge in [-0.2, -0.15) is 87.8 Å². The van der Waals surface area contributed by atoms with Gasteiger partial charge in [-0.3, -0.25) is 0 Å². The third kappa shape index (κ3) is 4.30. The zero-order valence-corrected chi connectivity index (χ0v) is 16.8. The summed E-state index contributed by atoms with van der Waals surface area (Å²) in [7, 11) is 0. The van der Waals surface area contributed by atoms with Gasteiger partial charge in [0.05, 0.1) is 0 Å². The molecule has 0 radical (unpaired) electrons. The topological polar surface area (TPSA) is 40.5 Å². The average molecular weight is 610 g/mol. The Bertz CT molecular complexity index is 882. The molecule has 0 heterocycles. The summed E-state index contributed by atoms with van der Waals surface area (Å²) in [5.41, 5.74) is -21.2. The van der Waals surface area contributed by atoms with Crippen LogP contribution >= 0.6 is 0 Å². The third-order valence-electron chi connectivity index (χ3n) is 4.94. The summed E-state index contributed by atoms with van der Waals surface area (Å²) < 4.78 is 264. The van der Waals surface area contributed by atoms with Crippen LogP contribution in [0.5, 0.6) is 0 Å². The molecule has 0 aliphatic carbocycles. The largest absolute Gasteiger partial charge is 0.457 e. The first-order valence-corrected chi connectivity index (χ1v) is 8.55. The Labute approximate surface area is 194 Å². The fourth-order valence-electron chi connectivity index (χ4n) is 2.91. The summed E-state index contributed by atoms with van der Waals surface area (Å²) in [6, 6.07) is -4.39. The Morgan fingerprint density at radius 2 is 0.553 bits per heavy atom. The summed E-state index contributed by atoms with van der Waals surface area (Å²) in [6.45, 7) is 0. The van der Waals surface area contributed by atoms with Gasteiger partial charge in [0.1, 0.15) is 0 Å². The smallest absolute Gasteiger partial charge is 0.373 e. The molecule has 0 atom stereocenters. The molecule has 2 nitrogen and oxygen atoms in total. The van der Waals surface area contributed by atoms with Crippen LogP contribution in [0.4, 0.5) is 87.8 Å². The maximum absolute atomic E-state index is 13.9. The zero-order chi connectivity index (χ0) is 31.0. The average Bonchev–Trinajstić information content (AvgIpc) is 2.68. The van der Waals surface area contributed by atoms with Crippen LogP contribution in [0.1, 0.15) is 11.1 Å². The van der Waals surface area contributed by atoms with Crippen molar-refractivity contribution in [2.75, 3.05) is 0 Å². The second kappa shape index (κ2) is 8.62. The van der Waals surface area contributed by atoms with E-state index in [9.17, 15) is 98.0 Å². The minimum atomic E-state index is -7.78. The van der Waals surface area contributed by atoms with Gasteiger partial charge in [-0.1, -0.05) is 18.2 Å². The number of hydrogen-bond acceptors (Lipinski definition) is 2. The Kier molecular flexibility index (Phi) is 7.66. The van der Waals surface area contributed by atoms with Gasteiger partial charge in [0.25, 0.3) is 0 Å². The van der Waals surface area contributed by atoms with E-state index < -0.39 is 95.0 Å². The highest BCUT2D eigenvalue weighted by atomic mass is 19.4. The number of hydrogen-bond donors (Lipinski definition) is 2. The number of rotatable bonds is 6. The van der Waals surface area contributed by atoms with Crippen molar-refractivity contribution in [2.45, 2.75) is 59.6 Å². The quantitative estimate of drug-likeness (QED) is 0.346. The molecule has 1 rings (SSSR count). The zero-order valence-electron chi connectivity index (χ0n) is 16.8. The van der Waals surface area contributed by atoms with E-state index >= 15 is 0 Å². The normalized spacial score (nSPS) is 16.2. The summed E-state index contributed by atoms with van der Waals surface area (Å²) in [5, 5.41) is 19.0. The van der Waals surface area contributed by atoms with E-state index in [1.807, 2.05) is 0 Å². The second-order valence-electron chi connectivity index (χ2n) is 7.29. The summed E-state index contributed by atoms with van der Waals surface area (Å²) in [5.74, 6) is -31.1. The highest BCUT2D eigenvalue weighted by Gasteiger charge is 2.87. The minimum absolute atomic E-state index is 0.752. The van der Waals surface area contributed by atoms with Gasteiger partial charge >= 0.3 is 48.4 Å². The lowest BCUT2D eigenvalue weighted by molar-refractivity contribution is -0.431. The van der Waals surface area contributed by atoms with Crippen molar-refractivity contribution < 1.29 is 98.0 Å². The van der Waals surface area contributed by atoms with E-state index in [1.165, 1.54) is 0 Å². The first kappa shape index (κ1) is 33.8. The maximum atomic E-state index is 13.9. The van der Waals surface area contributed by atoms with Crippen LogP contribution in [0.15, 0.2) is 24.3 Å². The van der Waals surface area contributed by atoms with Gasteiger partial charge in [0, 0.05) is 0 Å². The summed E-state index contributed by atoms with van der Waals surface area (Å²) in [6.07, 6.45) is -30.6. The Morgan fingerprint density at radius 3 is 0.711 bits per heavy atom. The molecule has 0 unspecified atom stereocenters. The Balaban J connectivity index is 4.38. The van der Waals surface area contributed by atoms with Crippen molar-refractivity contribution in [3.63, 3.8) is 0 Å². The predicted molar refractivity (Wildman–Crippen MR) is 78.2 cm³/mol. The Morgan fingerprint density at radius 1 is 0.368 bits per heavy atom. The summed E-state index contributed by atoms with van der Waals surface area (Å²) in [4.78, 5) is 0. The lowest BCUT2D eigenvalue weighted by atomic mass is 9.75. The number of aliphatic hydroxyl groups is 2. The van der Waals surface area contributed by atoms with Crippen molar-refractivity contribution in [2.24, 2.45) is 0 Å². The molecule has 0 bridgehead atoms. The van der Waals surface area contributed by atoms with Crippen molar-refractivity contribution in [1.29, 1.82) is 0 Å². The first-order valence-electron chi connectivity index (χ1n) is 8.55. The standard InChI is InChI=1S/C16H6F20O2/c17-9(18,13(25,26)27)7(37,10(19,20)14(28,29)30)5-2-1-3-6(4-5)8(38,11(21,22)15(31,32)33)12(23,24)16(34,35)36/h1-4,37-38H. The molecule has 0 aliphatic heterocycles. The van der Waals surface area contributed by atoms with Gasteiger partial charge in [-0.15, -0.1) is 0 Å². The molecule has 1 aromatic rings. The molecule has 0 saturated heterocycles. The number of halogens is 20. The molecular weight excluding hydrogens is 604 g/mol. The van der Waals surface area contributed by atoms with Crippen LogP contribution in [0.2, 0.25) is 0 Å². The van der Waals surface area contributed by atoms with Crippen LogP contribution in [0.3, 0.4) is 0 Å². The molecule has 22 heteroatoms. The van der Waals surface area contributed by atoms with Gasteiger partial charge in [-0.25, -0.2) is 0 Å². The van der Waals surface area contributed by atoms with Crippen LogP contribution in [-0.2, 0) is 11.2 Å². The molecule has 0 aliphatic rings. The Hall–Kier alpha value is -2.26. The predicted octanol–water partition coefficient (Wildman–Crippen LogP) is 6.85. The van der Waals surface area contributed by atoms with E-state index in [0.717, 1.165) is 0 Å². The molecule has 38 heavy (non-hydrogen) atoms. The van der Waals surface area contributed by atoms with Crippen LogP contribution < -0.4 is 0 Å². The van der Waals surface area contributed by atoms with Crippen LogP contribution in [0, 0.1) is 0 Å². The molecule has 0 amide bonds. The maximum Gasteiger partial charge on any atom is 0.457 e. The first-order chi connectivity index (χ1) is 16.2. The van der Waals surface area contributed by atoms with Gasteiger partial charge in [0.2, 0.25) is 11.2 Å². The fraction of sp³-hybridized carbons (Fsp3) is 0.625. The van der Waals surface area contributed by atoms with Crippen LogP contribution in [-0.4, -0.2) is 58.6 Å². The summed E-state index contributed by atoms with van der Waals surface area (Å²) >= 11 is 0. The molecular formula is C16H6F20O2. The fourth-order valence-corrected chi connectivity index (χ4v) is 2.91. The number of benzene rings is 1. The SMILES string of the molecule is OC(c1cccc(C(O)(C(F)(F)C(F)(F)F)C(F)(F)C(F)(F)F)c1)(C(F)(F)C(F)(F)F)C(F)(F)C(F)(F)F. The van der Waals surface area contributed by atoms with Gasteiger partial charge in [0.15, 0.2) is 0 Å². The van der Waals surface area contributed by atoms with E-state index in [2.05, 4.69) is 0 Å². The van der Waals surface area contributed by atoms with E-state index in [4.69, 9.17) is 0 Å². The van der Waals surface area contributed by atoms with Crippen molar-refractivity contribution in [3.8, 4) is 0 Å². The molecule has 0 aromatic heterocycles. The number of alkyl halides is 20. The molecule has 0 saturated carbocycles. The van der Waals surface area contributed by atoms with E-state index in [1.54, 1.807) is 0 Å². The highest BCUT2D eigenvalue weighted by Crippen LogP contribution is 2.62. The van der Waals surface area contributed by atoms with E-state index in [0.29, 0.717) is 0 Å². The monoisotopic (exact) mass is 610 g/mol. The van der Waals surface area contributed by atoms with Crippen LogP contribution in [0.25, 0.3) is 0 Å². The second-order valence-corrected chi connectivity index (χ2v) is 7.29. The van der Waals surface area contributed by atoms with Crippen molar-refractivity contribution in [1.82, 2.24) is 0 Å². The van der Waals surface area contributed by atoms with Gasteiger partial charge < -0.3 is 10.2 Å². The lowest BCUT2D eigenvalue weighted by Gasteiger charge is -2.44. The molecule has 1 aromatic carbocycles. The van der Waals surface area contributed by atoms with Crippen molar-refractivity contribution >= 4 is 0 Å². The molecule has 0 spiro atoms. The highest BCUT2D eigenvalue weighted by molar-refractivity contribution is 5.39. The molecule has 0 fully saturated rings. The minimum Gasteiger partial charge on any atom is -0.373 e.